The minimum atomic E-state index is -0.410. The standard InChI is InChI=1S/C21H26ClN7O2/c22-20-26-18(23)17-19(27-20)29(14-25-17)10-3-4-11-31-21(30)24-13-15-6-5-7-16(12-15)28-8-1-2-9-28/h5-7,12,14H,1-4,8-11,13H2,(H,24,30)(H2,23,26,27). The molecule has 0 unspecified atom stereocenters. The third-order valence-corrected chi connectivity index (χ3v) is 5.48. The summed E-state index contributed by atoms with van der Waals surface area (Å²) in [5.41, 5.74) is 9.23. The molecule has 1 fully saturated rings. The average molecular weight is 444 g/mol. The van der Waals surface area contributed by atoms with Crippen molar-refractivity contribution in [2.45, 2.75) is 38.8 Å². The number of hydrogen-bond acceptors (Lipinski definition) is 7. The number of rotatable bonds is 8. The van der Waals surface area contributed by atoms with Crippen LogP contribution in [-0.2, 0) is 17.8 Å². The predicted molar refractivity (Wildman–Crippen MR) is 120 cm³/mol. The second kappa shape index (κ2) is 9.82. The van der Waals surface area contributed by atoms with Gasteiger partial charge in [0.2, 0.25) is 5.28 Å². The highest BCUT2D eigenvalue weighted by atomic mass is 35.5. The molecule has 9 nitrogen and oxygen atoms in total. The first-order chi connectivity index (χ1) is 15.1. The first-order valence-corrected chi connectivity index (χ1v) is 10.9. The molecule has 0 atom stereocenters. The maximum atomic E-state index is 12.0. The Bertz CT molecular complexity index is 1050. The lowest BCUT2D eigenvalue weighted by molar-refractivity contribution is 0.143. The summed E-state index contributed by atoms with van der Waals surface area (Å²) in [5, 5.41) is 2.91. The number of halogens is 1. The number of aromatic nitrogens is 4. The van der Waals surface area contributed by atoms with Gasteiger partial charge in [0, 0.05) is 31.9 Å². The van der Waals surface area contributed by atoms with Crippen LogP contribution in [0.4, 0.5) is 16.3 Å². The molecule has 0 saturated carbocycles. The van der Waals surface area contributed by atoms with Crippen molar-refractivity contribution in [1.29, 1.82) is 0 Å². The summed E-state index contributed by atoms with van der Waals surface area (Å²) in [5.74, 6) is 0.264. The zero-order chi connectivity index (χ0) is 21.6. The Morgan fingerprint density at radius 1 is 1.23 bits per heavy atom. The lowest BCUT2D eigenvalue weighted by atomic mass is 10.2. The summed E-state index contributed by atoms with van der Waals surface area (Å²) < 4.78 is 7.15. The number of ether oxygens (including phenoxy) is 1. The van der Waals surface area contributed by atoms with Crippen molar-refractivity contribution in [3.63, 3.8) is 0 Å². The number of unbranched alkanes of at least 4 members (excludes halogenated alkanes) is 1. The van der Waals surface area contributed by atoms with Gasteiger partial charge in [0.25, 0.3) is 0 Å². The second-order valence-corrected chi connectivity index (χ2v) is 7.89. The number of alkyl carbamates (subject to hydrolysis) is 1. The van der Waals surface area contributed by atoms with Gasteiger partial charge in [-0.05, 0) is 55.0 Å². The van der Waals surface area contributed by atoms with E-state index in [2.05, 4.69) is 37.3 Å². The van der Waals surface area contributed by atoms with Crippen LogP contribution in [0.2, 0.25) is 5.28 Å². The lowest BCUT2D eigenvalue weighted by Crippen LogP contribution is -2.24. The third kappa shape index (κ3) is 5.35. The maximum Gasteiger partial charge on any atom is 0.407 e. The molecule has 0 aliphatic carbocycles. The summed E-state index contributed by atoms with van der Waals surface area (Å²) in [7, 11) is 0. The van der Waals surface area contributed by atoms with Gasteiger partial charge in [0.05, 0.1) is 12.9 Å². The van der Waals surface area contributed by atoms with Crippen LogP contribution in [0.25, 0.3) is 11.2 Å². The number of nitrogens with zero attached hydrogens (tertiary/aromatic N) is 5. The van der Waals surface area contributed by atoms with E-state index < -0.39 is 6.09 Å². The summed E-state index contributed by atoms with van der Waals surface area (Å²) >= 11 is 5.88. The average Bonchev–Trinajstić information content (AvgIpc) is 3.43. The van der Waals surface area contributed by atoms with Crippen LogP contribution in [0.5, 0.6) is 0 Å². The van der Waals surface area contributed by atoms with Gasteiger partial charge in [0.15, 0.2) is 11.5 Å². The van der Waals surface area contributed by atoms with Gasteiger partial charge in [-0.3, -0.25) is 0 Å². The summed E-state index contributed by atoms with van der Waals surface area (Å²) in [6.45, 7) is 3.65. The van der Waals surface area contributed by atoms with E-state index in [-0.39, 0.29) is 11.1 Å². The molecule has 1 amide bonds. The van der Waals surface area contributed by atoms with Crippen LogP contribution in [0.1, 0.15) is 31.2 Å². The molecule has 31 heavy (non-hydrogen) atoms. The molecule has 2 aromatic heterocycles. The Balaban J connectivity index is 1.17. The zero-order valence-electron chi connectivity index (χ0n) is 17.3. The Hall–Kier alpha value is -3.07. The molecule has 164 valence electrons. The smallest absolute Gasteiger partial charge is 0.407 e. The fraction of sp³-hybridized carbons (Fsp3) is 0.429. The molecule has 0 bridgehead atoms. The van der Waals surface area contributed by atoms with Crippen LogP contribution in [0.15, 0.2) is 30.6 Å². The number of nitrogens with two attached hydrogens (primary N) is 1. The molecule has 0 radical (unpaired) electrons. The van der Waals surface area contributed by atoms with E-state index in [0.717, 1.165) is 25.1 Å². The third-order valence-electron chi connectivity index (χ3n) is 5.31. The summed E-state index contributed by atoms with van der Waals surface area (Å²) in [6.07, 6.45) is 5.23. The molecular formula is C21H26ClN7O2. The van der Waals surface area contributed by atoms with Crippen molar-refractivity contribution in [3.05, 3.63) is 41.4 Å². The van der Waals surface area contributed by atoms with Gasteiger partial charge in [0.1, 0.15) is 5.52 Å². The van der Waals surface area contributed by atoms with Crippen molar-refractivity contribution in [2.75, 3.05) is 30.3 Å². The number of carbonyl (C=O) groups excluding carboxylic acids is 1. The number of nitrogen functional groups attached to an aromatic ring is 1. The van der Waals surface area contributed by atoms with Crippen LogP contribution in [0, 0.1) is 0 Å². The molecular weight excluding hydrogens is 418 g/mol. The molecule has 3 aromatic rings. The number of nitrogens with one attached hydrogen (secondary N) is 1. The molecule has 1 aromatic carbocycles. The highest BCUT2D eigenvalue weighted by molar-refractivity contribution is 6.28. The number of fused-ring (bicyclic) bond motifs is 1. The number of benzene rings is 1. The fourth-order valence-electron chi connectivity index (χ4n) is 3.71. The number of imidazole rings is 1. The van der Waals surface area contributed by atoms with E-state index in [1.54, 1.807) is 6.33 Å². The molecule has 1 saturated heterocycles. The number of hydrogen-bond donors (Lipinski definition) is 2. The Kier molecular flexibility index (Phi) is 6.71. The predicted octanol–water partition coefficient (Wildman–Crippen LogP) is 3.37. The molecule has 1 aliphatic rings. The number of aryl methyl sites for hydroxylation is 1. The van der Waals surface area contributed by atoms with Gasteiger partial charge >= 0.3 is 6.09 Å². The molecule has 10 heteroatoms. The van der Waals surface area contributed by atoms with E-state index in [9.17, 15) is 4.79 Å². The topological polar surface area (TPSA) is 111 Å². The van der Waals surface area contributed by atoms with Crippen LogP contribution < -0.4 is 16.0 Å². The molecule has 0 spiro atoms. The van der Waals surface area contributed by atoms with Crippen molar-refractivity contribution >= 4 is 40.4 Å². The first kappa shape index (κ1) is 21.2. The minimum Gasteiger partial charge on any atom is -0.450 e. The maximum absolute atomic E-state index is 12.0. The van der Waals surface area contributed by atoms with Crippen LogP contribution >= 0.6 is 11.6 Å². The highest BCUT2D eigenvalue weighted by Gasteiger charge is 2.13. The van der Waals surface area contributed by atoms with Crippen LogP contribution in [-0.4, -0.2) is 45.3 Å². The molecule has 1 aliphatic heterocycles. The molecule has 4 rings (SSSR count). The number of amides is 1. The quantitative estimate of drug-likeness (QED) is 0.405. The second-order valence-electron chi connectivity index (χ2n) is 7.55. The van der Waals surface area contributed by atoms with Gasteiger partial charge in [-0.1, -0.05) is 12.1 Å². The number of carbonyl (C=O) groups is 1. The van der Waals surface area contributed by atoms with E-state index in [4.69, 9.17) is 22.1 Å². The van der Waals surface area contributed by atoms with E-state index in [1.165, 1.54) is 18.5 Å². The van der Waals surface area contributed by atoms with Crippen molar-refractivity contribution in [1.82, 2.24) is 24.8 Å². The monoisotopic (exact) mass is 443 g/mol. The van der Waals surface area contributed by atoms with Gasteiger partial charge in [-0.15, -0.1) is 0 Å². The van der Waals surface area contributed by atoms with Gasteiger partial charge in [-0.2, -0.15) is 9.97 Å². The summed E-state index contributed by atoms with van der Waals surface area (Å²) in [4.78, 5) is 26.7. The Morgan fingerprint density at radius 2 is 2.06 bits per heavy atom. The van der Waals surface area contributed by atoms with Crippen molar-refractivity contribution in [2.24, 2.45) is 0 Å². The summed E-state index contributed by atoms with van der Waals surface area (Å²) in [6, 6.07) is 8.29. The lowest BCUT2D eigenvalue weighted by Gasteiger charge is -2.18. The zero-order valence-corrected chi connectivity index (χ0v) is 18.0. The Morgan fingerprint density at radius 3 is 2.90 bits per heavy atom. The van der Waals surface area contributed by atoms with Crippen molar-refractivity contribution in [3.8, 4) is 0 Å². The largest absolute Gasteiger partial charge is 0.450 e. The first-order valence-electron chi connectivity index (χ1n) is 10.5. The van der Waals surface area contributed by atoms with Crippen molar-refractivity contribution < 1.29 is 9.53 Å². The van der Waals surface area contributed by atoms with E-state index in [0.29, 0.717) is 37.3 Å². The van der Waals surface area contributed by atoms with E-state index >= 15 is 0 Å². The van der Waals surface area contributed by atoms with Gasteiger partial charge < -0.3 is 25.3 Å². The number of anilines is 2. The minimum absolute atomic E-state index is 0.0951. The fourth-order valence-corrected chi connectivity index (χ4v) is 3.89. The normalized spacial score (nSPS) is 13.6. The van der Waals surface area contributed by atoms with E-state index in [1.807, 2.05) is 16.7 Å². The highest BCUT2D eigenvalue weighted by Crippen LogP contribution is 2.21. The van der Waals surface area contributed by atoms with Gasteiger partial charge in [-0.25, -0.2) is 9.78 Å². The van der Waals surface area contributed by atoms with Crippen LogP contribution in [0.3, 0.4) is 0 Å². The Labute approximate surface area is 185 Å². The molecule has 3 heterocycles. The molecule has 3 N–H and O–H groups in total. The SMILES string of the molecule is Nc1nc(Cl)nc2c1ncn2CCCCOC(=O)NCc1cccc(N2CCCC2)c1.